The highest BCUT2D eigenvalue weighted by Gasteiger charge is 1.99. The lowest BCUT2D eigenvalue weighted by molar-refractivity contribution is -0.128. The van der Waals surface area contributed by atoms with Crippen molar-refractivity contribution in [2.24, 2.45) is 4.99 Å². The molecule has 0 saturated heterocycles. The zero-order valence-electron chi connectivity index (χ0n) is 13.3. The molecule has 0 atom stereocenters. The number of rotatable bonds is 4. The number of aliphatic carboxylic acids is 1. The van der Waals surface area contributed by atoms with Gasteiger partial charge in [0.2, 0.25) is 0 Å². The zero-order valence-corrected chi connectivity index (χ0v) is 16.5. The fourth-order valence-corrected chi connectivity index (χ4v) is 2.37. The first kappa shape index (κ1) is 19.8. The molecule has 0 bridgehead atoms. The molecule has 2 aromatic carbocycles. The van der Waals surface area contributed by atoms with Crippen molar-refractivity contribution in [2.45, 2.75) is 6.54 Å². The predicted octanol–water partition coefficient (Wildman–Crippen LogP) is 3.43. The maximum atomic E-state index is 11.1. The lowest BCUT2D eigenvalue weighted by Gasteiger charge is -1.97. The summed E-state index contributed by atoms with van der Waals surface area (Å²) in [6.07, 6.45) is 2.27. The number of hydrogen-bond acceptors (Lipinski definition) is 4. The van der Waals surface area contributed by atoms with E-state index in [1.165, 1.54) is 11.0 Å². The molecule has 2 N–H and O–H groups in total. The highest BCUT2D eigenvalue weighted by Crippen LogP contribution is 2.12. The van der Waals surface area contributed by atoms with Gasteiger partial charge in [0.15, 0.2) is 0 Å². The molecule has 26 heavy (non-hydrogen) atoms. The molecule has 0 aliphatic heterocycles. The van der Waals surface area contributed by atoms with Crippen LogP contribution in [0, 0.1) is 0 Å². The minimum Gasteiger partial charge on any atom is -0.477 e. The summed E-state index contributed by atoms with van der Waals surface area (Å²) in [5.74, 6) is -1.02. The number of halogens is 2. The standard InChI is InChI=1S/C9H8BrNO2.C8H6BrN3O/c10-8-3-1-7(2-4-8)5-11-6-9(12)13;9-6-1-3-7(4-2-6)12-8(13)10-5-11-12/h1-4,6H,5H2,(H,12,13);1-5H,(H,10,11,13). The molecule has 0 unspecified atom stereocenters. The molecule has 0 radical (unpaired) electrons. The third-order valence-corrected chi connectivity index (χ3v) is 4.07. The van der Waals surface area contributed by atoms with Crippen LogP contribution in [0.15, 0.2) is 73.6 Å². The second-order valence-electron chi connectivity index (χ2n) is 4.92. The second-order valence-corrected chi connectivity index (χ2v) is 6.75. The molecule has 0 aliphatic rings. The van der Waals surface area contributed by atoms with Crippen LogP contribution in [-0.2, 0) is 11.3 Å². The average molecular weight is 482 g/mol. The van der Waals surface area contributed by atoms with Crippen LogP contribution in [0.5, 0.6) is 0 Å². The van der Waals surface area contributed by atoms with Gasteiger partial charge in [0.1, 0.15) is 12.5 Å². The van der Waals surface area contributed by atoms with Gasteiger partial charge in [-0.05, 0) is 42.0 Å². The van der Waals surface area contributed by atoms with Crippen molar-refractivity contribution < 1.29 is 9.90 Å². The molecule has 0 spiro atoms. The Balaban J connectivity index is 0.000000187. The van der Waals surface area contributed by atoms with Gasteiger partial charge in [-0.25, -0.2) is 9.59 Å². The van der Waals surface area contributed by atoms with Gasteiger partial charge < -0.3 is 5.11 Å². The molecule has 1 heterocycles. The van der Waals surface area contributed by atoms with E-state index in [1.54, 1.807) is 0 Å². The summed E-state index contributed by atoms with van der Waals surface area (Å²) < 4.78 is 3.27. The van der Waals surface area contributed by atoms with Crippen molar-refractivity contribution in [3.63, 3.8) is 0 Å². The smallest absolute Gasteiger partial charge is 0.347 e. The number of nitrogens with one attached hydrogen (secondary N) is 1. The van der Waals surface area contributed by atoms with Crippen molar-refractivity contribution >= 4 is 44.0 Å². The SMILES string of the molecule is O=C(O)C=NCc1ccc(Br)cc1.O=c1[nH]cnn1-c1ccc(Br)cc1. The summed E-state index contributed by atoms with van der Waals surface area (Å²) in [4.78, 5) is 27.4. The second kappa shape index (κ2) is 9.83. The summed E-state index contributed by atoms with van der Waals surface area (Å²) in [6.45, 7) is 0.402. The van der Waals surface area contributed by atoms with Crippen molar-refractivity contribution in [1.82, 2.24) is 14.8 Å². The third-order valence-electron chi connectivity index (χ3n) is 3.01. The van der Waals surface area contributed by atoms with Crippen molar-refractivity contribution in [1.29, 1.82) is 0 Å². The Morgan fingerprint density at radius 2 is 1.69 bits per heavy atom. The molecule has 0 aliphatic carbocycles. The summed E-state index contributed by atoms with van der Waals surface area (Å²) in [6, 6.07) is 14.9. The molecule has 0 amide bonds. The van der Waals surface area contributed by atoms with Gasteiger partial charge in [-0.2, -0.15) is 9.78 Å². The number of aliphatic imine (C=N–C) groups is 1. The molecule has 3 rings (SSSR count). The number of nitrogens with zero attached hydrogens (tertiary/aromatic N) is 3. The van der Waals surface area contributed by atoms with Crippen LogP contribution < -0.4 is 5.69 Å². The Morgan fingerprint density at radius 1 is 1.12 bits per heavy atom. The number of aromatic nitrogens is 3. The summed E-state index contributed by atoms with van der Waals surface area (Å²) >= 11 is 6.62. The first-order valence-electron chi connectivity index (χ1n) is 7.31. The quantitative estimate of drug-likeness (QED) is 0.557. The van der Waals surface area contributed by atoms with Crippen LogP contribution in [0.4, 0.5) is 0 Å². The van der Waals surface area contributed by atoms with E-state index >= 15 is 0 Å². The largest absolute Gasteiger partial charge is 0.477 e. The van der Waals surface area contributed by atoms with Crippen molar-refractivity contribution in [3.8, 4) is 5.69 Å². The molecule has 1 aromatic heterocycles. The third kappa shape index (κ3) is 6.41. The van der Waals surface area contributed by atoms with E-state index < -0.39 is 5.97 Å². The highest BCUT2D eigenvalue weighted by molar-refractivity contribution is 9.10. The van der Waals surface area contributed by atoms with Gasteiger partial charge in [-0.1, -0.05) is 44.0 Å². The maximum Gasteiger partial charge on any atom is 0.347 e. The van der Waals surface area contributed by atoms with Gasteiger partial charge in [-0.3, -0.25) is 9.98 Å². The van der Waals surface area contributed by atoms with Crippen LogP contribution >= 0.6 is 31.9 Å². The van der Waals surface area contributed by atoms with Crippen molar-refractivity contribution in [3.05, 3.63) is 79.9 Å². The first-order chi connectivity index (χ1) is 12.5. The highest BCUT2D eigenvalue weighted by atomic mass is 79.9. The van der Waals surface area contributed by atoms with E-state index in [9.17, 15) is 9.59 Å². The van der Waals surface area contributed by atoms with E-state index in [-0.39, 0.29) is 5.69 Å². The summed E-state index contributed by atoms with van der Waals surface area (Å²) in [5.41, 5.74) is 1.50. The molecule has 134 valence electrons. The van der Waals surface area contributed by atoms with Gasteiger partial charge in [0.25, 0.3) is 0 Å². The number of carboxylic acids is 1. The minimum absolute atomic E-state index is 0.234. The van der Waals surface area contributed by atoms with Gasteiger partial charge in [0, 0.05) is 8.95 Å². The minimum atomic E-state index is -1.02. The number of H-pyrrole nitrogens is 1. The topological polar surface area (TPSA) is 100 Å². The zero-order chi connectivity index (χ0) is 18.9. The number of carbonyl (C=O) groups is 1. The van der Waals surface area contributed by atoms with Gasteiger partial charge in [-0.15, -0.1) is 0 Å². The van der Waals surface area contributed by atoms with Crippen LogP contribution in [0.3, 0.4) is 0 Å². The number of benzene rings is 2. The Morgan fingerprint density at radius 3 is 2.19 bits per heavy atom. The molecule has 0 fully saturated rings. The monoisotopic (exact) mass is 480 g/mol. The predicted molar refractivity (Wildman–Crippen MR) is 106 cm³/mol. The van der Waals surface area contributed by atoms with Gasteiger partial charge in [0.05, 0.1) is 12.2 Å². The number of aromatic amines is 1. The number of hydrogen-bond donors (Lipinski definition) is 2. The van der Waals surface area contributed by atoms with E-state index in [2.05, 4.69) is 46.9 Å². The normalized spacial score (nSPS) is 10.4. The van der Waals surface area contributed by atoms with E-state index in [4.69, 9.17) is 5.11 Å². The van der Waals surface area contributed by atoms with E-state index in [0.717, 1.165) is 26.4 Å². The lowest BCUT2D eigenvalue weighted by Crippen LogP contribution is -2.15. The first-order valence-corrected chi connectivity index (χ1v) is 8.90. The average Bonchev–Trinajstić information content (AvgIpc) is 3.04. The Labute approximate surface area is 165 Å². The Kier molecular flexibility index (Phi) is 7.49. The van der Waals surface area contributed by atoms with Crippen molar-refractivity contribution in [2.75, 3.05) is 0 Å². The molecule has 3 aromatic rings. The molecule has 7 nitrogen and oxygen atoms in total. The fourth-order valence-electron chi connectivity index (χ4n) is 1.84. The summed E-state index contributed by atoms with van der Waals surface area (Å²) in [7, 11) is 0. The molecular weight excluding hydrogens is 468 g/mol. The van der Waals surface area contributed by atoms with E-state index in [0.29, 0.717) is 6.54 Å². The number of carboxylic acid groups (broad SMARTS) is 1. The van der Waals surface area contributed by atoms with Gasteiger partial charge >= 0.3 is 11.7 Å². The van der Waals surface area contributed by atoms with Crippen LogP contribution in [-0.4, -0.2) is 32.1 Å². The lowest BCUT2D eigenvalue weighted by atomic mass is 10.2. The Bertz CT molecular complexity index is 932. The van der Waals surface area contributed by atoms with E-state index in [1.807, 2.05) is 48.5 Å². The maximum absolute atomic E-state index is 11.1. The molecular formula is C17H14Br2N4O3. The van der Waals surface area contributed by atoms with Crippen LogP contribution in [0.1, 0.15) is 5.56 Å². The fraction of sp³-hybridized carbons (Fsp3) is 0.0588. The van der Waals surface area contributed by atoms with Crippen LogP contribution in [0.2, 0.25) is 0 Å². The Hall–Kier alpha value is -2.52. The molecule has 0 saturated carbocycles. The van der Waals surface area contributed by atoms with Crippen LogP contribution in [0.25, 0.3) is 5.69 Å². The summed E-state index contributed by atoms with van der Waals surface area (Å²) in [5, 5.41) is 12.1. The molecule has 9 heteroatoms.